The minimum Gasteiger partial charge on any atom is -0.489 e. The summed E-state index contributed by atoms with van der Waals surface area (Å²) >= 11 is 5.95. The van der Waals surface area contributed by atoms with Gasteiger partial charge in [-0.15, -0.1) is 0 Å². The second kappa shape index (κ2) is 8.77. The number of nitriles is 1. The van der Waals surface area contributed by atoms with E-state index in [4.69, 9.17) is 31.1 Å². The van der Waals surface area contributed by atoms with Crippen LogP contribution < -0.4 is 4.74 Å². The fraction of sp³-hybridized carbons (Fsp3) is 0.500. The van der Waals surface area contributed by atoms with Crippen molar-refractivity contribution in [3.63, 3.8) is 0 Å². The fourth-order valence-corrected chi connectivity index (χ4v) is 1.71. The number of halogens is 1. The molecule has 0 amide bonds. The number of ether oxygens (including phenoxy) is 3. The lowest BCUT2D eigenvalue weighted by molar-refractivity contribution is -0.0422. The van der Waals surface area contributed by atoms with Crippen LogP contribution in [0.5, 0.6) is 5.75 Å². The summed E-state index contributed by atoms with van der Waals surface area (Å²) < 4.78 is 15.7. The van der Waals surface area contributed by atoms with Gasteiger partial charge in [0.15, 0.2) is 0 Å². The van der Waals surface area contributed by atoms with Gasteiger partial charge >= 0.3 is 0 Å². The smallest absolute Gasteiger partial charge is 0.138 e. The molecule has 1 aromatic carbocycles. The summed E-state index contributed by atoms with van der Waals surface area (Å²) in [5.41, 5.74) is 0.458. The highest BCUT2D eigenvalue weighted by molar-refractivity contribution is 6.32. The Balaban J connectivity index is 2.37. The topological polar surface area (TPSA) is 71.7 Å². The van der Waals surface area contributed by atoms with Gasteiger partial charge in [-0.2, -0.15) is 5.26 Å². The van der Waals surface area contributed by atoms with Crippen molar-refractivity contribution >= 4 is 11.6 Å². The Morgan fingerprint density at radius 1 is 1.35 bits per heavy atom. The van der Waals surface area contributed by atoms with Crippen LogP contribution in [0.1, 0.15) is 12.5 Å². The van der Waals surface area contributed by atoms with Gasteiger partial charge in [-0.05, 0) is 25.1 Å². The van der Waals surface area contributed by atoms with Gasteiger partial charge in [0.1, 0.15) is 18.5 Å². The molecule has 5 nitrogen and oxygen atoms in total. The van der Waals surface area contributed by atoms with Crippen LogP contribution >= 0.6 is 11.6 Å². The predicted molar refractivity (Wildman–Crippen MR) is 75.0 cm³/mol. The van der Waals surface area contributed by atoms with Crippen LogP contribution in [-0.4, -0.2) is 44.2 Å². The largest absolute Gasteiger partial charge is 0.489 e. The first-order valence-electron chi connectivity index (χ1n) is 6.18. The normalized spacial score (nSPS) is 13.6. The van der Waals surface area contributed by atoms with Gasteiger partial charge in [0.05, 0.1) is 36.0 Å². The third kappa shape index (κ3) is 5.76. The van der Waals surface area contributed by atoms with Crippen LogP contribution in [0.15, 0.2) is 18.2 Å². The zero-order chi connectivity index (χ0) is 15.0. The van der Waals surface area contributed by atoms with Crippen molar-refractivity contribution in [3.05, 3.63) is 28.8 Å². The zero-order valence-corrected chi connectivity index (χ0v) is 12.3. The van der Waals surface area contributed by atoms with Crippen molar-refractivity contribution in [1.82, 2.24) is 0 Å². The third-order valence-electron chi connectivity index (χ3n) is 2.47. The highest BCUT2D eigenvalue weighted by Crippen LogP contribution is 2.25. The molecule has 0 bridgehead atoms. The molecule has 0 aliphatic rings. The first-order valence-corrected chi connectivity index (χ1v) is 6.55. The molecule has 6 heteroatoms. The molecule has 110 valence electrons. The lowest BCUT2D eigenvalue weighted by Gasteiger charge is -2.16. The van der Waals surface area contributed by atoms with Gasteiger partial charge in [-0.1, -0.05) is 11.6 Å². The van der Waals surface area contributed by atoms with Crippen LogP contribution in [-0.2, 0) is 9.47 Å². The molecule has 1 aromatic rings. The highest BCUT2D eigenvalue weighted by Gasteiger charge is 2.10. The SMILES string of the molecule is COCC(C)OCC(O)COc1ccc(C#N)cc1Cl. The monoisotopic (exact) mass is 299 g/mol. The molecular weight excluding hydrogens is 282 g/mol. The Labute approximate surface area is 123 Å². The molecule has 0 aliphatic heterocycles. The van der Waals surface area contributed by atoms with E-state index in [0.717, 1.165) is 0 Å². The Bertz CT molecular complexity index is 461. The number of rotatable bonds is 8. The average molecular weight is 300 g/mol. The van der Waals surface area contributed by atoms with E-state index in [0.29, 0.717) is 22.9 Å². The van der Waals surface area contributed by atoms with E-state index in [2.05, 4.69) is 0 Å². The molecular formula is C14H18ClNO4. The Kier molecular flexibility index (Phi) is 7.34. The number of aliphatic hydroxyl groups excluding tert-OH is 1. The first kappa shape index (κ1) is 16.7. The maximum absolute atomic E-state index is 9.73. The summed E-state index contributed by atoms with van der Waals surface area (Å²) in [5, 5.41) is 18.8. The van der Waals surface area contributed by atoms with E-state index in [9.17, 15) is 5.11 Å². The standard InChI is InChI=1S/C14H18ClNO4/c1-10(7-18-2)19-8-12(17)9-20-14-4-3-11(6-16)5-13(14)15/h3-5,10,12,17H,7-9H2,1-2H3. The summed E-state index contributed by atoms with van der Waals surface area (Å²) in [6.07, 6.45) is -0.853. The van der Waals surface area contributed by atoms with Crippen LogP contribution in [0.3, 0.4) is 0 Å². The molecule has 0 fully saturated rings. The average Bonchev–Trinajstić information content (AvgIpc) is 2.44. The second-order valence-corrected chi connectivity index (χ2v) is 4.73. The molecule has 2 atom stereocenters. The Morgan fingerprint density at radius 2 is 2.10 bits per heavy atom. The Hall–Kier alpha value is -1.32. The van der Waals surface area contributed by atoms with Crippen molar-refractivity contribution < 1.29 is 19.3 Å². The number of aliphatic hydroxyl groups is 1. The van der Waals surface area contributed by atoms with Crippen molar-refractivity contribution in [2.24, 2.45) is 0 Å². The maximum Gasteiger partial charge on any atom is 0.138 e. The first-order chi connectivity index (χ1) is 9.56. The highest BCUT2D eigenvalue weighted by atomic mass is 35.5. The molecule has 0 aliphatic carbocycles. The lowest BCUT2D eigenvalue weighted by atomic mass is 10.2. The number of nitrogens with zero attached hydrogens (tertiary/aromatic N) is 1. The van der Waals surface area contributed by atoms with E-state index >= 15 is 0 Å². The van der Waals surface area contributed by atoms with E-state index in [1.165, 1.54) is 6.07 Å². The van der Waals surface area contributed by atoms with E-state index in [1.54, 1.807) is 19.2 Å². The summed E-state index contributed by atoms with van der Waals surface area (Å²) in [6, 6.07) is 6.70. The number of hydrogen-bond acceptors (Lipinski definition) is 5. The van der Waals surface area contributed by atoms with Crippen LogP contribution in [0.25, 0.3) is 0 Å². The van der Waals surface area contributed by atoms with Crippen molar-refractivity contribution in [2.75, 3.05) is 26.9 Å². The van der Waals surface area contributed by atoms with Gasteiger partial charge in [0.2, 0.25) is 0 Å². The predicted octanol–water partition coefficient (Wildman–Crippen LogP) is 2.00. The van der Waals surface area contributed by atoms with Gasteiger partial charge in [-0.3, -0.25) is 0 Å². The maximum atomic E-state index is 9.73. The van der Waals surface area contributed by atoms with Crippen LogP contribution in [0.4, 0.5) is 0 Å². The lowest BCUT2D eigenvalue weighted by Crippen LogP contribution is -2.27. The molecule has 0 saturated heterocycles. The van der Waals surface area contributed by atoms with E-state index < -0.39 is 6.10 Å². The summed E-state index contributed by atoms with van der Waals surface area (Å²) in [6.45, 7) is 2.54. The fourth-order valence-electron chi connectivity index (χ4n) is 1.48. The van der Waals surface area contributed by atoms with E-state index in [1.807, 2.05) is 13.0 Å². The molecule has 1 N–H and O–H groups in total. The summed E-state index contributed by atoms with van der Waals surface area (Å²) in [5.74, 6) is 0.426. The molecule has 2 unspecified atom stereocenters. The minimum atomic E-state index is -0.763. The molecule has 0 aromatic heterocycles. The zero-order valence-electron chi connectivity index (χ0n) is 11.5. The van der Waals surface area contributed by atoms with Gasteiger partial charge < -0.3 is 19.3 Å². The molecule has 0 spiro atoms. The quantitative estimate of drug-likeness (QED) is 0.795. The third-order valence-corrected chi connectivity index (χ3v) is 2.76. The van der Waals surface area contributed by atoms with Gasteiger partial charge in [0, 0.05) is 7.11 Å². The Morgan fingerprint density at radius 3 is 2.70 bits per heavy atom. The van der Waals surface area contributed by atoms with Crippen molar-refractivity contribution in [3.8, 4) is 11.8 Å². The van der Waals surface area contributed by atoms with Crippen molar-refractivity contribution in [2.45, 2.75) is 19.1 Å². The number of benzene rings is 1. The summed E-state index contributed by atoms with van der Waals surface area (Å²) in [7, 11) is 1.59. The molecule has 1 rings (SSSR count). The molecule has 0 radical (unpaired) electrons. The minimum absolute atomic E-state index is 0.0608. The second-order valence-electron chi connectivity index (χ2n) is 4.32. The van der Waals surface area contributed by atoms with E-state index in [-0.39, 0.29) is 19.3 Å². The number of methoxy groups -OCH3 is 1. The molecule has 0 saturated carbocycles. The van der Waals surface area contributed by atoms with Gasteiger partial charge in [-0.25, -0.2) is 0 Å². The van der Waals surface area contributed by atoms with Crippen LogP contribution in [0, 0.1) is 11.3 Å². The van der Waals surface area contributed by atoms with Crippen molar-refractivity contribution in [1.29, 1.82) is 5.26 Å². The molecule has 20 heavy (non-hydrogen) atoms. The van der Waals surface area contributed by atoms with Gasteiger partial charge in [0.25, 0.3) is 0 Å². The number of hydrogen-bond donors (Lipinski definition) is 1. The summed E-state index contributed by atoms with van der Waals surface area (Å²) in [4.78, 5) is 0. The van der Waals surface area contributed by atoms with Crippen LogP contribution in [0.2, 0.25) is 5.02 Å². The molecule has 0 heterocycles.